The number of amides is 1. The largest absolute Gasteiger partial charge is 0.497 e. The molecule has 0 spiro atoms. The maximum absolute atomic E-state index is 13.1. The number of piperidine rings is 1. The molecule has 0 bridgehead atoms. The number of carbonyl (C=O) groups is 1. The van der Waals surface area contributed by atoms with E-state index in [9.17, 15) is 4.79 Å². The Hall–Kier alpha value is -1.30. The maximum atomic E-state index is 13.1. The highest BCUT2D eigenvalue weighted by atomic mass is 35.5. The van der Waals surface area contributed by atoms with E-state index in [0.29, 0.717) is 22.4 Å². The first kappa shape index (κ1) is 18.5. The summed E-state index contributed by atoms with van der Waals surface area (Å²) in [4.78, 5) is 17.5. The van der Waals surface area contributed by atoms with Gasteiger partial charge < -0.3 is 14.4 Å². The van der Waals surface area contributed by atoms with Crippen molar-refractivity contribution in [2.45, 2.75) is 31.7 Å². The zero-order chi connectivity index (χ0) is 17.6. The van der Waals surface area contributed by atoms with E-state index < -0.39 is 0 Å². The Balaban J connectivity index is 1.67. The van der Waals surface area contributed by atoms with E-state index in [1.165, 1.54) is 6.42 Å². The maximum Gasteiger partial charge on any atom is 0.254 e. The zero-order valence-corrected chi connectivity index (χ0v) is 15.6. The Morgan fingerprint density at radius 3 is 2.80 bits per heavy atom. The smallest absolute Gasteiger partial charge is 0.254 e. The van der Waals surface area contributed by atoms with Gasteiger partial charge in [-0.05, 0) is 43.9 Å². The van der Waals surface area contributed by atoms with Crippen molar-refractivity contribution in [1.82, 2.24) is 9.80 Å². The highest BCUT2D eigenvalue weighted by molar-refractivity contribution is 6.31. The number of benzene rings is 1. The molecule has 0 radical (unpaired) electrons. The second-order valence-electron chi connectivity index (χ2n) is 6.77. The lowest BCUT2D eigenvalue weighted by Crippen LogP contribution is -2.46. The molecule has 5 nitrogen and oxygen atoms in total. The fourth-order valence-electron chi connectivity index (χ4n) is 3.69. The zero-order valence-electron chi connectivity index (χ0n) is 14.9. The molecule has 0 saturated carbocycles. The topological polar surface area (TPSA) is 42.0 Å². The van der Waals surface area contributed by atoms with E-state index in [4.69, 9.17) is 21.1 Å². The number of halogens is 1. The Morgan fingerprint density at radius 2 is 2.04 bits per heavy atom. The summed E-state index contributed by atoms with van der Waals surface area (Å²) in [6, 6.07) is 5.54. The summed E-state index contributed by atoms with van der Waals surface area (Å²) in [5.41, 5.74) is 0.614. The van der Waals surface area contributed by atoms with Gasteiger partial charge in [0.15, 0.2) is 0 Å². The Labute approximate surface area is 154 Å². The second kappa shape index (κ2) is 8.88. The van der Waals surface area contributed by atoms with Crippen molar-refractivity contribution in [1.29, 1.82) is 0 Å². The summed E-state index contributed by atoms with van der Waals surface area (Å²) >= 11 is 6.14. The van der Waals surface area contributed by atoms with Gasteiger partial charge in [-0.1, -0.05) is 11.6 Å². The van der Waals surface area contributed by atoms with Gasteiger partial charge in [-0.2, -0.15) is 0 Å². The van der Waals surface area contributed by atoms with Gasteiger partial charge in [-0.15, -0.1) is 0 Å². The van der Waals surface area contributed by atoms with Crippen LogP contribution in [0.5, 0.6) is 5.75 Å². The molecular weight excluding hydrogens is 340 g/mol. The molecular formula is C19H27ClN2O3. The van der Waals surface area contributed by atoms with E-state index >= 15 is 0 Å². The average Bonchev–Trinajstić information content (AvgIpc) is 2.66. The lowest BCUT2D eigenvalue weighted by Gasteiger charge is -2.37. The van der Waals surface area contributed by atoms with Crippen LogP contribution in [-0.2, 0) is 4.74 Å². The number of nitrogens with zero attached hydrogens (tertiary/aromatic N) is 2. The van der Waals surface area contributed by atoms with Crippen molar-refractivity contribution in [3.8, 4) is 5.75 Å². The monoisotopic (exact) mass is 366 g/mol. The molecule has 25 heavy (non-hydrogen) atoms. The second-order valence-corrected chi connectivity index (χ2v) is 7.21. The number of hydrogen-bond acceptors (Lipinski definition) is 4. The molecule has 1 aromatic carbocycles. The fourth-order valence-corrected chi connectivity index (χ4v) is 3.92. The van der Waals surface area contributed by atoms with Crippen molar-refractivity contribution in [2.24, 2.45) is 0 Å². The summed E-state index contributed by atoms with van der Waals surface area (Å²) in [6.07, 6.45) is 4.35. The predicted octanol–water partition coefficient (Wildman–Crippen LogP) is 3.07. The van der Waals surface area contributed by atoms with E-state index in [1.54, 1.807) is 25.3 Å². The highest BCUT2D eigenvalue weighted by Crippen LogP contribution is 2.26. The number of carbonyl (C=O) groups excluding carboxylic acids is 1. The molecule has 0 unspecified atom stereocenters. The van der Waals surface area contributed by atoms with Crippen molar-refractivity contribution in [2.75, 3.05) is 46.5 Å². The van der Waals surface area contributed by atoms with Crippen LogP contribution in [0.1, 0.15) is 36.0 Å². The third kappa shape index (κ3) is 4.87. The first-order valence-electron chi connectivity index (χ1n) is 9.13. The van der Waals surface area contributed by atoms with Crippen LogP contribution in [0.4, 0.5) is 0 Å². The Morgan fingerprint density at radius 1 is 1.24 bits per heavy atom. The van der Waals surface area contributed by atoms with Crippen LogP contribution in [0.3, 0.4) is 0 Å². The SMILES string of the molecule is COc1cc(Cl)cc(C(=O)N2CCCC[C@H]2CCN2CCOCC2)c1. The van der Waals surface area contributed by atoms with E-state index in [0.717, 1.165) is 58.7 Å². The minimum Gasteiger partial charge on any atom is -0.497 e. The number of likely N-dealkylation sites (tertiary alicyclic amines) is 1. The van der Waals surface area contributed by atoms with Gasteiger partial charge in [0.05, 0.1) is 20.3 Å². The van der Waals surface area contributed by atoms with Crippen molar-refractivity contribution in [3.63, 3.8) is 0 Å². The van der Waals surface area contributed by atoms with E-state index in [1.807, 2.05) is 4.90 Å². The third-order valence-electron chi connectivity index (χ3n) is 5.12. The van der Waals surface area contributed by atoms with Crippen LogP contribution < -0.4 is 4.74 Å². The fraction of sp³-hybridized carbons (Fsp3) is 0.632. The van der Waals surface area contributed by atoms with Crippen molar-refractivity contribution < 1.29 is 14.3 Å². The highest BCUT2D eigenvalue weighted by Gasteiger charge is 2.28. The standard InChI is InChI=1S/C19H27ClN2O3/c1-24-18-13-15(12-16(20)14-18)19(23)22-6-3-2-4-17(22)5-7-21-8-10-25-11-9-21/h12-14,17H,2-11H2,1H3/t17-/m0/s1. The van der Waals surface area contributed by atoms with Crippen molar-refractivity contribution in [3.05, 3.63) is 28.8 Å². The molecule has 2 heterocycles. The number of morpholine rings is 1. The summed E-state index contributed by atoms with van der Waals surface area (Å²) in [5, 5.41) is 0.532. The van der Waals surface area contributed by atoms with E-state index in [-0.39, 0.29) is 5.91 Å². The molecule has 0 aliphatic carbocycles. The van der Waals surface area contributed by atoms with Gasteiger partial charge in [0.1, 0.15) is 5.75 Å². The molecule has 1 atom stereocenters. The summed E-state index contributed by atoms with van der Waals surface area (Å²) in [5.74, 6) is 0.685. The molecule has 0 aromatic heterocycles. The number of methoxy groups -OCH3 is 1. The number of rotatable bonds is 5. The molecule has 2 fully saturated rings. The molecule has 138 valence electrons. The average molecular weight is 367 g/mol. The summed E-state index contributed by atoms with van der Waals surface area (Å²) in [7, 11) is 1.59. The first-order chi connectivity index (χ1) is 12.2. The summed E-state index contributed by atoms with van der Waals surface area (Å²) in [6.45, 7) is 5.46. The first-order valence-corrected chi connectivity index (χ1v) is 9.51. The van der Waals surface area contributed by atoms with E-state index in [2.05, 4.69) is 4.90 Å². The molecule has 1 aromatic rings. The van der Waals surface area contributed by atoms with Crippen LogP contribution >= 0.6 is 11.6 Å². The molecule has 6 heteroatoms. The molecule has 1 amide bonds. The van der Waals surface area contributed by atoms with Crippen molar-refractivity contribution >= 4 is 17.5 Å². The van der Waals surface area contributed by atoms with Crippen LogP contribution in [-0.4, -0.2) is 68.3 Å². The normalized spacial score (nSPS) is 22.0. The lowest BCUT2D eigenvalue weighted by molar-refractivity contribution is 0.0295. The predicted molar refractivity (Wildman–Crippen MR) is 98.6 cm³/mol. The minimum absolute atomic E-state index is 0.0625. The van der Waals surface area contributed by atoms with Gasteiger partial charge in [-0.3, -0.25) is 9.69 Å². The van der Waals surface area contributed by atoms with Gasteiger partial charge in [0.2, 0.25) is 0 Å². The van der Waals surface area contributed by atoms with Gasteiger partial charge in [0.25, 0.3) is 5.91 Å². The molecule has 3 rings (SSSR count). The number of hydrogen-bond donors (Lipinski definition) is 0. The summed E-state index contributed by atoms with van der Waals surface area (Å²) < 4.78 is 10.7. The van der Waals surface area contributed by atoms with Gasteiger partial charge >= 0.3 is 0 Å². The van der Waals surface area contributed by atoms with Gasteiger partial charge in [0, 0.05) is 42.8 Å². The molecule has 2 aliphatic heterocycles. The van der Waals surface area contributed by atoms with Crippen LogP contribution in [0.25, 0.3) is 0 Å². The van der Waals surface area contributed by atoms with Crippen LogP contribution in [0.15, 0.2) is 18.2 Å². The third-order valence-corrected chi connectivity index (χ3v) is 5.34. The van der Waals surface area contributed by atoms with Gasteiger partial charge in [-0.25, -0.2) is 0 Å². The Bertz CT molecular complexity index is 590. The quantitative estimate of drug-likeness (QED) is 0.803. The molecule has 2 saturated heterocycles. The Kier molecular flexibility index (Phi) is 6.57. The lowest BCUT2D eigenvalue weighted by atomic mass is 9.97. The van der Waals surface area contributed by atoms with Crippen LogP contribution in [0.2, 0.25) is 5.02 Å². The van der Waals surface area contributed by atoms with Crippen LogP contribution in [0, 0.1) is 0 Å². The number of ether oxygens (including phenoxy) is 2. The minimum atomic E-state index is 0.0625. The molecule has 0 N–H and O–H groups in total. The molecule has 2 aliphatic rings.